The van der Waals surface area contributed by atoms with Gasteiger partial charge < -0.3 is 9.64 Å². The van der Waals surface area contributed by atoms with Crippen LogP contribution in [0.3, 0.4) is 0 Å². The van der Waals surface area contributed by atoms with Crippen molar-refractivity contribution in [3.05, 3.63) is 0 Å². The lowest BCUT2D eigenvalue weighted by molar-refractivity contribution is 0.0808. The van der Waals surface area contributed by atoms with Crippen molar-refractivity contribution in [2.75, 3.05) is 32.8 Å². The average Bonchev–Trinajstić information content (AvgIpc) is 2.27. The molecule has 0 aromatic rings. The van der Waals surface area contributed by atoms with Gasteiger partial charge in [0.1, 0.15) is 12.3 Å². The van der Waals surface area contributed by atoms with Crippen LogP contribution in [0.4, 0.5) is 4.79 Å². The minimum atomic E-state index is -0.276. The van der Waals surface area contributed by atoms with Crippen molar-refractivity contribution >= 4 is 12.3 Å². The Kier molecular flexibility index (Phi) is 4.41. The number of nitriles is 1. The number of hydrazone groups is 1. The fourth-order valence-electron chi connectivity index (χ4n) is 1.32. The molecule has 1 aliphatic heterocycles. The van der Waals surface area contributed by atoms with Crippen LogP contribution in [0, 0.1) is 11.3 Å². The monoisotopic (exact) mass is 210 g/mol. The summed E-state index contributed by atoms with van der Waals surface area (Å²) in [4.78, 5) is 13.0. The van der Waals surface area contributed by atoms with Gasteiger partial charge in [0.2, 0.25) is 0 Å². The number of piperazine rings is 1. The molecule has 1 amide bonds. The fraction of sp³-hybridized carbons (Fsp3) is 0.667. The fourth-order valence-corrected chi connectivity index (χ4v) is 1.32. The molecule has 6 heteroatoms. The number of amides is 1. The Morgan fingerprint density at radius 1 is 1.53 bits per heavy atom. The number of hydrogen-bond acceptors (Lipinski definition) is 5. The van der Waals surface area contributed by atoms with Crippen molar-refractivity contribution in [3.63, 3.8) is 0 Å². The maximum atomic E-state index is 11.3. The molecule has 6 nitrogen and oxygen atoms in total. The topological polar surface area (TPSA) is 68.9 Å². The smallest absolute Gasteiger partial charge is 0.409 e. The number of carbonyl (C=O) groups excluding carboxylic acids is 1. The zero-order valence-electron chi connectivity index (χ0n) is 8.72. The third-order valence-corrected chi connectivity index (χ3v) is 2.06. The highest BCUT2D eigenvalue weighted by Crippen LogP contribution is 2.03. The van der Waals surface area contributed by atoms with Gasteiger partial charge in [0, 0.05) is 13.1 Å². The predicted molar refractivity (Wildman–Crippen MR) is 54.3 cm³/mol. The first-order valence-corrected chi connectivity index (χ1v) is 4.86. The highest BCUT2D eigenvalue weighted by atomic mass is 16.6. The van der Waals surface area contributed by atoms with Gasteiger partial charge in [-0.2, -0.15) is 10.4 Å². The maximum absolute atomic E-state index is 11.3. The van der Waals surface area contributed by atoms with Crippen LogP contribution in [0.1, 0.15) is 6.92 Å². The summed E-state index contributed by atoms with van der Waals surface area (Å²) in [5.74, 6) is 0. The van der Waals surface area contributed by atoms with E-state index in [2.05, 4.69) is 5.10 Å². The Morgan fingerprint density at radius 2 is 2.20 bits per heavy atom. The molecule has 0 radical (unpaired) electrons. The van der Waals surface area contributed by atoms with Crippen LogP contribution in [0.25, 0.3) is 0 Å². The molecule has 0 unspecified atom stereocenters. The van der Waals surface area contributed by atoms with Crippen LogP contribution in [-0.4, -0.2) is 55.0 Å². The van der Waals surface area contributed by atoms with Gasteiger partial charge in [-0.1, -0.05) is 0 Å². The second kappa shape index (κ2) is 5.86. The average molecular weight is 210 g/mol. The molecule has 1 heterocycles. The van der Waals surface area contributed by atoms with Crippen molar-refractivity contribution in [3.8, 4) is 6.07 Å². The minimum absolute atomic E-state index is 0.276. The molecular weight excluding hydrogens is 196 g/mol. The lowest BCUT2D eigenvalue weighted by Crippen LogP contribution is -2.47. The molecule has 0 atom stereocenters. The highest BCUT2D eigenvalue weighted by molar-refractivity contribution is 5.74. The van der Waals surface area contributed by atoms with Gasteiger partial charge in [0.05, 0.1) is 19.7 Å². The van der Waals surface area contributed by atoms with Crippen LogP contribution in [0.5, 0.6) is 0 Å². The Balaban J connectivity index is 2.33. The number of ether oxygens (including phenoxy) is 1. The SMILES string of the molecule is CCOC(=O)N1CCN(N=CC#N)CC1. The summed E-state index contributed by atoms with van der Waals surface area (Å²) in [6.45, 7) is 4.62. The van der Waals surface area contributed by atoms with Gasteiger partial charge in [-0.05, 0) is 6.92 Å². The third-order valence-electron chi connectivity index (χ3n) is 2.06. The molecule has 1 saturated heterocycles. The normalized spacial score (nSPS) is 16.5. The van der Waals surface area contributed by atoms with E-state index in [1.54, 1.807) is 16.8 Å². The molecule has 0 aromatic heterocycles. The number of rotatable bonds is 2. The Labute approximate surface area is 88.7 Å². The molecule has 1 rings (SSSR count). The predicted octanol–water partition coefficient (Wildman–Crippen LogP) is 0.270. The first kappa shape index (κ1) is 11.3. The second-order valence-corrected chi connectivity index (χ2v) is 3.01. The molecule has 0 N–H and O–H groups in total. The lowest BCUT2D eigenvalue weighted by atomic mass is 10.4. The van der Waals surface area contributed by atoms with Crippen LogP contribution in [-0.2, 0) is 4.74 Å². The van der Waals surface area contributed by atoms with Crippen molar-refractivity contribution in [2.24, 2.45) is 5.10 Å². The van der Waals surface area contributed by atoms with E-state index in [4.69, 9.17) is 10.00 Å². The van der Waals surface area contributed by atoms with Gasteiger partial charge in [-0.3, -0.25) is 5.01 Å². The molecule has 15 heavy (non-hydrogen) atoms. The maximum Gasteiger partial charge on any atom is 0.409 e. The third kappa shape index (κ3) is 3.46. The number of hydrogen-bond donors (Lipinski definition) is 0. The molecule has 1 fully saturated rings. The van der Waals surface area contributed by atoms with E-state index >= 15 is 0 Å². The Bertz CT molecular complexity index is 276. The van der Waals surface area contributed by atoms with Crippen LogP contribution < -0.4 is 0 Å². The summed E-state index contributed by atoms with van der Waals surface area (Å²) in [5.41, 5.74) is 0. The lowest BCUT2D eigenvalue weighted by Gasteiger charge is -2.31. The van der Waals surface area contributed by atoms with Gasteiger partial charge in [-0.25, -0.2) is 4.79 Å². The van der Waals surface area contributed by atoms with Gasteiger partial charge in [0.25, 0.3) is 0 Å². The van der Waals surface area contributed by atoms with E-state index < -0.39 is 0 Å². The molecule has 0 spiro atoms. The van der Waals surface area contributed by atoms with E-state index in [0.29, 0.717) is 32.8 Å². The van der Waals surface area contributed by atoms with E-state index in [1.165, 1.54) is 6.21 Å². The molecular formula is C9H14N4O2. The quantitative estimate of drug-likeness (QED) is 0.613. The Morgan fingerprint density at radius 3 is 2.73 bits per heavy atom. The minimum Gasteiger partial charge on any atom is -0.450 e. The highest BCUT2D eigenvalue weighted by Gasteiger charge is 2.20. The summed E-state index contributed by atoms with van der Waals surface area (Å²) in [6, 6.07) is 1.83. The molecule has 0 aliphatic carbocycles. The zero-order valence-corrected chi connectivity index (χ0v) is 8.72. The first-order chi connectivity index (χ1) is 7.27. The molecule has 1 aliphatic rings. The summed E-state index contributed by atoms with van der Waals surface area (Å²) in [7, 11) is 0. The number of carbonyl (C=O) groups is 1. The van der Waals surface area contributed by atoms with Crippen LogP contribution in [0.2, 0.25) is 0 Å². The van der Waals surface area contributed by atoms with Crippen molar-refractivity contribution in [1.82, 2.24) is 9.91 Å². The molecule has 82 valence electrons. The summed E-state index contributed by atoms with van der Waals surface area (Å²) >= 11 is 0. The summed E-state index contributed by atoms with van der Waals surface area (Å²) < 4.78 is 4.88. The van der Waals surface area contributed by atoms with E-state index in [-0.39, 0.29) is 6.09 Å². The second-order valence-electron chi connectivity index (χ2n) is 3.01. The van der Waals surface area contributed by atoms with E-state index in [1.807, 2.05) is 6.07 Å². The van der Waals surface area contributed by atoms with E-state index in [9.17, 15) is 4.79 Å². The number of nitrogens with zero attached hydrogens (tertiary/aromatic N) is 4. The molecule has 0 saturated carbocycles. The van der Waals surface area contributed by atoms with Gasteiger partial charge in [0.15, 0.2) is 0 Å². The van der Waals surface area contributed by atoms with Crippen LogP contribution in [0.15, 0.2) is 5.10 Å². The van der Waals surface area contributed by atoms with Crippen LogP contribution >= 0.6 is 0 Å². The standard InChI is InChI=1S/C9H14N4O2/c1-2-15-9(14)12-5-7-13(8-6-12)11-4-3-10/h4H,2,5-8H2,1H3. The van der Waals surface area contributed by atoms with Crippen molar-refractivity contribution in [1.29, 1.82) is 5.26 Å². The molecule has 0 aromatic carbocycles. The largest absolute Gasteiger partial charge is 0.450 e. The summed E-state index contributed by atoms with van der Waals surface area (Å²) in [5, 5.41) is 14.0. The molecule has 0 bridgehead atoms. The van der Waals surface area contributed by atoms with Gasteiger partial charge >= 0.3 is 6.09 Å². The first-order valence-electron chi connectivity index (χ1n) is 4.86. The van der Waals surface area contributed by atoms with Crippen molar-refractivity contribution in [2.45, 2.75) is 6.92 Å². The van der Waals surface area contributed by atoms with E-state index in [0.717, 1.165) is 0 Å². The zero-order chi connectivity index (χ0) is 11.1. The van der Waals surface area contributed by atoms with Gasteiger partial charge in [-0.15, -0.1) is 0 Å². The van der Waals surface area contributed by atoms with Crippen molar-refractivity contribution < 1.29 is 9.53 Å². The summed E-state index contributed by atoms with van der Waals surface area (Å²) in [6.07, 6.45) is 0.918. The Hall–Kier alpha value is -1.77.